The van der Waals surface area contributed by atoms with E-state index in [0.717, 1.165) is 44.4 Å². The molecule has 0 saturated heterocycles. The summed E-state index contributed by atoms with van der Waals surface area (Å²) in [5.74, 6) is -0.559. The number of carbonyl (C=O) groups is 1. The Balaban J connectivity index is 1.23. The maximum Gasteiger partial charge on any atom is 0.337 e. The summed E-state index contributed by atoms with van der Waals surface area (Å²) < 4.78 is 43.6. The van der Waals surface area contributed by atoms with E-state index in [1.807, 2.05) is 42.5 Å². The van der Waals surface area contributed by atoms with Gasteiger partial charge in [0.2, 0.25) is 0 Å². The van der Waals surface area contributed by atoms with Gasteiger partial charge in [-0.25, -0.2) is 13.2 Å². The molecule has 8 rings (SSSR count). The molecule has 0 atom stereocenters. The smallest absolute Gasteiger partial charge is 0.337 e. The molecule has 324 valence electrons. The summed E-state index contributed by atoms with van der Waals surface area (Å²) in [5.41, 5.74) is 7.10. The Hall–Kier alpha value is -6.03. The van der Waals surface area contributed by atoms with E-state index in [-0.39, 0.29) is 28.1 Å². The lowest BCUT2D eigenvalue weighted by Gasteiger charge is -2.43. The lowest BCUT2D eigenvalue weighted by Crippen LogP contribution is -2.66. The van der Waals surface area contributed by atoms with Crippen LogP contribution in [0.15, 0.2) is 193 Å². The molecule has 8 aromatic rings. The van der Waals surface area contributed by atoms with Crippen LogP contribution >= 0.6 is 11.6 Å². The summed E-state index contributed by atoms with van der Waals surface area (Å²) in [6, 6.07) is 61.9. The monoisotopic (exact) mass is 901 g/mol. The molecular weight excluding hydrogens is 850 g/mol. The van der Waals surface area contributed by atoms with Crippen molar-refractivity contribution in [2.45, 2.75) is 49.6 Å². The highest BCUT2D eigenvalue weighted by Gasteiger charge is 2.50. The van der Waals surface area contributed by atoms with Crippen molar-refractivity contribution in [1.29, 1.82) is 0 Å². The summed E-state index contributed by atoms with van der Waals surface area (Å²) in [4.78, 5) is 12.4. The maximum atomic E-state index is 14.4. The number of methoxy groups -OCH3 is 1. The predicted molar refractivity (Wildman–Crippen MR) is 263 cm³/mol. The first-order chi connectivity index (χ1) is 30.9. The topological polar surface area (TPSA) is 74.6 Å². The number of aryl methyl sites for hydroxylation is 1. The summed E-state index contributed by atoms with van der Waals surface area (Å²) >= 11 is 6.83. The Kier molecular flexibility index (Phi) is 13.2. The Labute approximate surface area is 383 Å². The first-order valence-corrected chi connectivity index (χ1v) is 25.5. The number of ether oxygens (including phenoxy) is 1. The van der Waals surface area contributed by atoms with Gasteiger partial charge >= 0.3 is 5.97 Å². The van der Waals surface area contributed by atoms with Crippen molar-refractivity contribution < 1.29 is 22.4 Å². The fourth-order valence-electron chi connectivity index (χ4n) is 9.23. The fraction of sp³-hybridized carbons (Fsp3) is 0.182. The molecule has 1 heterocycles. The Bertz CT molecular complexity index is 2890. The lowest BCUT2D eigenvalue weighted by atomic mass is 9.97. The second kappa shape index (κ2) is 19.0. The number of benzene rings is 7. The van der Waals surface area contributed by atoms with Gasteiger partial charge in [-0.05, 0) is 92.1 Å². The largest absolute Gasteiger partial charge is 0.465 e. The second-order valence-corrected chi connectivity index (χ2v) is 24.0. The van der Waals surface area contributed by atoms with Gasteiger partial charge < -0.3 is 13.7 Å². The van der Waals surface area contributed by atoms with Gasteiger partial charge in [-0.1, -0.05) is 178 Å². The number of nitrogens with zero attached hydrogens (tertiary/aromatic N) is 1. The van der Waals surface area contributed by atoms with Crippen LogP contribution in [-0.2, 0) is 31.8 Å². The Morgan fingerprint density at radius 3 is 1.77 bits per heavy atom. The maximum absolute atomic E-state index is 14.4. The fourth-order valence-corrected chi connectivity index (χ4v) is 15.2. The zero-order chi connectivity index (χ0) is 44.9. The van der Waals surface area contributed by atoms with Crippen LogP contribution in [0, 0.1) is 0 Å². The van der Waals surface area contributed by atoms with Gasteiger partial charge in [-0.2, -0.15) is 0 Å². The van der Waals surface area contributed by atoms with Gasteiger partial charge in [0.15, 0.2) is 9.84 Å². The van der Waals surface area contributed by atoms with E-state index >= 15 is 0 Å². The Morgan fingerprint density at radius 2 is 1.22 bits per heavy atom. The zero-order valence-electron chi connectivity index (χ0n) is 36.6. The molecule has 0 unspecified atom stereocenters. The lowest BCUT2D eigenvalue weighted by molar-refractivity contribution is 0.0600. The molecule has 0 aliphatic rings. The number of hydrogen-bond donors (Lipinski definition) is 0. The average Bonchev–Trinajstić information content (AvgIpc) is 3.61. The van der Waals surface area contributed by atoms with Crippen molar-refractivity contribution in [3.63, 3.8) is 0 Å². The molecule has 0 bridgehead atoms. The molecule has 64 heavy (non-hydrogen) atoms. The van der Waals surface area contributed by atoms with Gasteiger partial charge in [-0.3, -0.25) is 0 Å². The van der Waals surface area contributed by atoms with Crippen LogP contribution in [0.5, 0.6) is 0 Å². The number of carbonyl (C=O) groups excluding carboxylic acids is 1. The predicted octanol–water partition coefficient (Wildman–Crippen LogP) is 11.5. The van der Waals surface area contributed by atoms with Crippen molar-refractivity contribution in [3.05, 3.63) is 221 Å². The number of rotatable bonds is 15. The molecule has 7 aromatic carbocycles. The van der Waals surface area contributed by atoms with E-state index in [2.05, 4.69) is 128 Å². The van der Waals surface area contributed by atoms with Crippen molar-refractivity contribution in [3.8, 4) is 11.1 Å². The first-order valence-electron chi connectivity index (χ1n) is 21.6. The summed E-state index contributed by atoms with van der Waals surface area (Å²) in [7, 11) is -5.35. The normalized spacial score (nSPS) is 12.2. The third-order valence-corrected chi connectivity index (χ3v) is 19.2. The van der Waals surface area contributed by atoms with E-state index in [0.29, 0.717) is 23.6 Å². The number of fused-ring (bicyclic) bond motifs is 1. The van der Waals surface area contributed by atoms with Crippen LogP contribution in [0.2, 0.25) is 10.1 Å². The summed E-state index contributed by atoms with van der Waals surface area (Å²) in [5, 5.41) is 3.65. The third kappa shape index (κ3) is 9.01. The number of hydrogen-bond acceptors (Lipinski definition) is 5. The molecule has 6 nitrogen and oxygen atoms in total. The van der Waals surface area contributed by atoms with E-state index in [9.17, 15) is 13.2 Å². The molecule has 0 amide bonds. The molecule has 0 N–H and O–H groups in total. The van der Waals surface area contributed by atoms with Crippen LogP contribution in [-0.4, -0.2) is 46.7 Å². The van der Waals surface area contributed by atoms with Gasteiger partial charge in [0.25, 0.3) is 8.32 Å². The summed E-state index contributed by atoms with van der Waals surface area (Å²) in [6.07, 6.45) is 0.766. The molecule has 0 saturated carbocycles. The SMILES string of the molecule is COC(=O)c1cccc(-c2ccc(S(=O)(=O)CCc3c(CCO[Si](c4ccccc4)(c4ccccc4)C(C)(C)C)n(C(c4ccccc4)c4ccccc4)c4ccc(Cl)cc34)cc2)c1. The van der Waals surface area contributed by atoms with Crippen LogP contribution in [0.1, 0.15) is 59.6 Å². The molecule has 0 aliphatic heterocycles. The van der Waals surface area contributed by atoms with E-state index in [1.165, 1.54) is 17.5 Å². The quantitative estimate of drug-likeness (QED) is 0.0757. The molecule has 0 fully saturated rings. The average molecular weight is 903 g/mol. The minimum atomic E-state index is -3.77. The molecule has 0 radical (unpaired) electrons. The van der Waals surface area contributed by atoms with Gasteiger partial charge in [0, 0.05) is 34.6 Å². The van der Waals surface area contributed by atoms with Crippen LogP contribution in [0.3, 0.4) is 0 Å². The van der Waals surface area contributed by atoms with Gasteiger partial charge in [0.05, 0.1) is 29.4 Å². The standard InChI is InChI=1S/C55H52ClNO5SSi/c1-55(2,3)64(47-24-13-7-14-25-47,48-26-15-8-16-27-48)62-36-34-52-49(35-37-63(59,60)46-31-28-40(29-32-46)43-22-17-23-44(38-43)54(58)61-4)50-39-45(56)30-33-51(50)57(52)53(41-18-9-5-10-19-41)42-20-11-6-12-21-42/h5-33,38-39,53H,34-37H2,1-4H3. The molecule has 9 heteroatoms. The van der Waals surface area contributed by atoms with E-state index in [4.69, 9.17) is 20.8 Å². The number of halogens is 1. The minimum absolute atomic E-state index is 0.125. The number of sulfone groups is 1. The second-order valence-electron chi connectivity index (χ2n) is 17.1. The van der Waals surface area contributed by atoms with E-state index in [1.54, 1.807) is 42.5 Å². The highest BCUT2D eigenvalue weighted by molar-refractivity contribution is 7.91. The molecular formula is C55H52ClNO5SSi. The molecule has 0 aliphatic carbocycles. The van der Waals surface area contributed by atoms with Crippen LogP contribution < -0.4 is 10.4 Å². The minimum Gasteiger partial charge on any atom is -0.465 e. The first kappa shape index (κ1) is 44.6. The van der Waals surface area contributed by atoms with Gasteiger partial charge in [0.1, 0.15) is 0 Å². The van der Waals surface area contributed by atoms with Crippen molar-refractivity contribution in [2.75, 3.05) is 19.5 Å². The van der Waals surface area contributed by atoms with Gasteiger partial charge in [-0.15, -0.1) is 0 Å². The highest BCUT2D eigenvalue weighted by Crippen LogP contribution is 2.40. The third-order valence-electron chi connectivity index (χ3n) is 12.2. The van der Waals surface area contributed by atoms with Crippen molar-refractivity contribution in [1.82, 2.24) is 4.57 Å². The Morgan fingerprint density at radius 1 is 0.656 bits per heavy atom. The number of aromatic nitrogens is 1. The molecule has 0 spiro atoms. The van der Waals surface area contributed by atoms with Crippen molar-refractivity contribution >= 4 is 57.0 Å². The highest BCUT2D eigenvalue weighted by atomic mass is 35.5. The number of esters is 1. The zero-order valence-corrected chi connectivity index (χ0v) is 39.2. The molecule has 1 aromatic heterocycles. The van der Waals surface area contributed by atoms with Crippen molar-refractivity contribution in [2.24, 2.45) is 0 Å². The van der Waals surface area contributed by atoms with Crippen LogP contribution in [0.25, 0.3) is 22.0 Å². The van der Waals surface area contributed by atoms with Crippen LogP contribution in [0.4, 0.5) is 0 Å². The van der Waals surface area contributed by atoms with E-state index < -0.39 is 24.1 Å². The summed E-state index contributed by atoms with van der Waals surface area (Å²) in [6.45, 7) is 7.23.